The van der Waals surface area contributed by atoms with Crippen molar-refractivity contribution in [1.29, 1.82) is 0 Å². The van der Waals surface area contributed by atoms with Gasteiger partial charge in [-0.3, -0.25) is 4.79 Å². The summed E-state index contributed by atoms with van der Waals surface area (Å²) in [6.07, 6.45) is 0. The van der Waals surface area contributed by atoms with E-state index in [-0.39, 0.29) is 37.5 Å². The molecular weight excluding hydrogens is 289 g/mol. The molecule has 0 aliphatic carbocycles. The lowest BCUT2D eigenvalue weighted by Gasteiger charge is -2.33. The summed E-state index contributed by atoms with van der Waals surface area (Å²) in [4.78, 5) is 13.5. The summed E-state index contributed by atoms with van der Waals surface area (Å²) < 4.78 is 36.4. The Kier molecular flexibility index (Phi) is 3.93. The normalized spacial score (nSPS) is 17.2. The molecule has 0 spiro atoms. The maximum atomic E-state index is 13.1. The molecule has 1 saturated heterocycles. The summed E-state index contributed by atoms with van der Waals surface area (Å²) in [6, 6.07) is 3.10. The second-order valence-corrected chi connectivity index (χ2v) is 5.94. The molecule has 0 bridgehead atoms. The predicted octanol–water partition coefficient (Wildman–Crippen LogP) is -0.507. The van der Waals surface area contributed by atoms with Crippen LogP contribution in [0.15, 0.2) is 18.2 Å². The fourth-order valence-electron chi connectivity index (χ4n) is 2.00. The monoisotopic (exact) mass is 303 g/mol. The number of aromatic hydroxyl groups is 1. The Balaban J connectivity index is 2.11. The largest absolute Gasteiger partial charge is 0.507 e. The zero-order valence-electron chi connectivity index (χ0n) is 10.5. The summed E-state index contributed by atoms with van der Waals surface area (Å²) >= 11 is 0. The Morgan fingerprint density at radius 2 is 1.85 bits per heavy atom. The number of carbonyl (C=O) groups is 1. The zero-order chi connectivity index (χ0) is 14.9. The van der Waals surface area contributed by atoms with Crippen molar-refractivity contribution in [3.05, 3.63) is 29.6 Å². The molecule has 0 atom stereocenters. The first-order valence-corrected chi connectivity index (χ1v) is 7.35. The van der Waals surface area contributed by atoms with Crippen LogP contribution in [-0.2, 0) is 10.2 Å². The van der Waals surface area contributed by atoms with E-state index in [1.807, 2.05) is 0 Å². The molecule has 0 saturated carbocycles. The van der Waals surface area contributed by atoms with Crippen LogP contribution >= 0.6 is 0 Å². The maximum absolute atomic E-state index is 13.1. The van der Waals surface area contributed by atoms with E-state index in [0.717, 1.165) is 22.5 Å². The van der Waals surface area contributed by atoms with Gasteiger partial charge in [0.05, 0.1) is 5.56 Å². The summed E-state index contributed by atoms with van der Waals surface area (Å²) in [5.41, 5.74) is -0.144. The van der Waals surface area contributed by atoms with Crippen molar-refractivity contribution >= 4 is 16.1 Å². The lowest BCUT2D eigenvalue weighted by atomic mass is 10.1. The van der Waals surface area contributed by atoms with E-state index in [4.69, 9.17) is 5.14 Å². The third-order valence-electron chi connectivity index (χ3n) is 3.07. The van der Waals surface area contributed by atoms with Gasteiger partial charge in [0.2, 0.25) is 0 Å². The van der Waals surface area contributed by atoms with Gasteiger partial charge in [-0.15, -0.1) is 0 Å². The third-order valence-corrected chi connectivity index (χ3v) is 4.16. The molecule has 1 heterocycles. The summed E-state index contributed by atoms with van der Waals surface area (Å²) in [5.74, 6) is -1.49. The molecule has 2 rings (SSSR count). The second kappa shape index (κ2) is 5.35. The van der Waals surface area contributed by atoms with Gasteiger partial charge >= 0.3 is 0 Å². The summed E-state index contributed by atoms with van der Waals surface area (Å²) in [7, 11) is -3.77. The number of piperazine rings is 1. The molecule has 1 amide bonds. The van der Waals surface area contributed by atoms with Gasteiger partial charge in [0.1, 0.15) is 11.6 Å². The highest BCUT2D eigenvalue weighted by molar-refractivity contribution is 7.86. The first-order valence-electron chi connectivity index (χ1n) is 5.84. The molecule has 1 aromatic carbocycles. The highest BCUT2D eigenvalue weighted by atomic mass is 32.2. The van der Waals surface area contributed by atoms with Crippen LogP contribution in [0, 0.1) is 5.82 Å². The second-order valence-electron chi connectivity index (χ2n) is 4.40. The van der Waals surface area contributed by atoms with Gasteiger partial charge in [0.15, 0.2) is 0 Å². The van der Waals surface area contributed by atoms with Crippen LogP contribution in [0.3, 0.4) is 0 Å². The Morgan fingerprint density at radius 1 is 1.25 bits per heavy atom. The molecule has 1 aliphatic rings. The molecule has 20 heavy (non-hydrogen) atoms. The molecule has 0 aromatic heterocycles. The van der Waals surface area contributed by atoms with Gasteiger partial charge in [-0.1, -0.05) is 0 Å². The lowest BCUT2D eigenvalue weighted by Crippen LogP contribution is -2.52. The van der Waals surface area contributed by atoms with Gasteiger partial charge in [0.25, 0.3) is 16.1 Å². The van der Waals surface area contributed by atoms with Gasteiger partial charge in [-0.2, -0.15) is 12.7 Å². The number of rotatable bonds is 2. The van der Waals surface area contributed by atoms with Gasteiger partial charge in [0, 0.05) is 26.2 Å². The van der Waals surface area contributed by atoms with Gasteiger partial charge in [-0.05, 0) is 18.2 Å². The third kappa shape index (κ3) is 3.06. The van der Waals surface area contributed by atoms with Crippen LogP contribution in [0.4, 0.5) is 4.39 Å². The molecule has 3 N–H and O–H groups in total. The summed E-state index contributed by atoms with van der Waals surface area (Å²) in [5, 5.41) is 14.6. The van der Waals surface area contributed by atoms with Crippen molar-refractivity contribution in [2.45, 2.75) is 0 Å². The number of phenols is 1. The minimum Gasteiger partial charge on any atom is -0.507 e. The quantitative estimate of drug-likeness (QED) is 0.768. The van der Waals surface area contributed by atoms with Crippen molar-refractivity contribution in [1.82, 2.24) is 9.21 Å². The van der Waals surface area contributed by atoms with E-state index in [1.165, 1.54) is 4.90 Å². The Hall–Kier alpha value is -1.71. The lowest BCUT2D eigenvalue weighted by molar-refractivity contribution is 0.0694. The number of benzene rings is 1. The van der Waals surface area contributed by atoms with Crippen molar-refractivity contribution in [3.63, 3.8) is 0 Å². The Labute approximate surface area is 115 Å². The SMILES string of the molecule is NS(=O)(=O)N1CCN(C(=O)c2cc(F)ccc2O)CC1. The average molecular weight is 303 g/mol. The van der Waals surface area contributed by atoms with Gasteiger partial charge < -0.3 is 10.0 Å². The van der Waals surface area contributed by atoms with E-state index >= 15 is 0 Å². The van der Waals surface area contributed by atoms with Crippen LogP contribution in [0.2, 0.25) is 0 Å². The highest BCUT2D eigenvalue weighted by Crippen LogP contribution is 2.20. The first-order chi connectivity index (χ1) is 9.29. The van der Waals surface area contributed by atoms with Crippen molar-refractivity contribution in [2.75, 3.05) is 26.2 Å². The van der Waals surface area contributed by atoms with Crippen LogP contribution in [0.1, 0.15) is 10.4 Å². The van der Waals surface area contributed by atoms with E-state index in [1.54, 1.807) is 0 Å². The molecule has 1 aromatic rings. The fourth-order valence-corrected chi connectivity index (χ4v) is 2.67. The fraction of sp³-hybridized carbons (Fsp3) is 0.364. The number of nitrogens with two attached hydrogens (primary N) is 1. The van der Waals surface area contributed by atoms with E-state index < -0.39 is 21.9 Å². The number of halogens is 1. The van der Waals surface area contributed by atoms with Crippen LogP contribution in [0.5, 0.6) is 5.75 Å². The number of hydrogen-bond acceptors (Lipinski definition) is 4. The number of carbonyl (C=O) groups excluding carboxylic acids is 1. The molecule has 0 unspecified atom stereocenters. The minimum atomic E-state index is -3.77. The molecule has 1 aliphatic heterocycles. The minimum absolute atomic E-state index is 0.0701. The molecular formula is C11H14FN3O4S. The van der Waals surface area contributed by atoms with Crippen molar-refractivity contribution in [2.24, 2.45) is 5.14 Å². The standard InChI is InChI=1S/C11H14FN3O4S/c12-8-1-2-10(16)9(7-8)11(17)14-3-5-15(6-4-14)20(13,18)19/h1-2,7,16H,3-6H2,(H2,13,18,19). The van der Waals surface area contributed by atoms with Gasteiger partial charge in [-0.25, -0.2) is 9.53 Å². The molecule has 0 radical (unpaired) electrons. The number of amides is 1. The van der Waals surface area contributed by atoms with E-state index in [9.17, 15) is 22.7 Å². The zero-order valence-corrected chi connectivity index (χ0v) is 11.3. The first kappa shape index (κ1) is 14.7. The van der Waals surface area contributed by atoms with Crippen molar-refractivity contribution in [3.8, 4) is 5.75 Å². The Morgan fingerprint density at radius 3 is 2.40 bits per heavy atom. The molecule has 1 fully saturated rings. The van der Waals surface area contributed by atoms with Crippen LogP contribution in [-0.4, -0.2) is 54.8 Å². The molecule has 7 nitrogen and oxygen atoms in total. The maximum Gasteiger partial charge on any atom is 0.277 e. The predicted molar refractivity (Wildman–Crippen MR) is 68.6 cm³/mol. The topological polar surface area (TPSA) is 104 Å². The van der Waals surface area contributed by atoms with Crippen LogP contribution in [0.25, 0.3) is 0 Å². The number of hydrogen-bond donors (Lipinski definition) is 2. The van der Waals surface area contributed by atoms with Crippen molar-refractivity contribution < 1.29 is 22.7 Å². The van der Waals surface area contributed by atoms with E-state index in [0.29, 0.717) is 0 Å². The number of phenolic OH excluding ortho intramolecular Hbond substituents is 1. The van der Waals surface area contributed by atoms with Crippen LogP contribution < -0.4 is 5.14 Å². The molecule has 110 valence electrons. The summed E-state index contributed by atoms with van der Waals surface area (Å²) in [6.45, 7) is 0.401. The smallest absolute Gasteiger partial charge is 0.277 e. The Bertz CT molecular complexity index is 627. The molecule has 9 heteroatoms. The number of nitrogens with zero attached hydrogens (tertiary/aromatic N) is 2. The highest BCUT2D eigenvalue weighted by Gasteiger charge is 2.28. The van der Waals surface area contributed by atoms with E-state index in [2.05, 4.69) is 0 Å². The average Bonchev–Trinajstić information content (AvgIpc) is 2.40.